The molecule has 1 N–H and O–H groups in total. The summed E-state index contributed by atoms with van der Waals surface area (Å²) in [6, 6.07) is 12.7. The zero-order valence-electron chi connectivity index (χ0n) is 15.7. The monoisotopic (exact) mass is 360 g/mol. The molecule has 1 aromatic heterocycles. The number of aliphatic imine (C=N–C) groups is 1. The van der Waals surface area contributed by atoms with Gasteiger partial charge in [0.25, 0.3) is 0 Å². The number of methoxy groups -OCH3 is 1. The minimum atomic E-state index is 0.325. The summed E-state index contributed by atoms with van der Waals surface area (Å²) in [5, 5.41) is 5.62. The molecule has 25 heavy (non-hydrogen) atoms. The zero-order valence-corrected chi connectivity index (χ0v) is 16.5. The standard InChI is InChI=1S/C19H28N4OS/c1-20-19(21-13-17(22(2)3)18-7-6-12-25-18)23(4)14-15-8-10-16(24-5)11-9-15/h6-12,17H,13-14H2,1-5H3,(H,20,21). The normalized spacial score (nSPS) is 13.0. The van der Waals surface area contributed by atoms with E-state index in [9.17, 15) is 0 Å². The third-order valence-corrected chi connectivity index (χ3v) is 5.07. The Hall–Kier alpha value is -2.05. The highest BCUT2D eigenvalue weighted by Gasteiger charge is 2.16. The van der Waals surface area contributed by atoms with E-state index in [2.05, 4.69) is 70.9 Å². The van der Waals surface area contributed by atoms with Crippen LogP contribution in [0.4, 0.5) is 0 Å². The molecule has 6 heteroatoms. The second-order valence-corrected chi connectivity index (χ2v) is 7.11. The smallest absolute Gasteiger partial charge is 0.193 e. The summed E-state index contributed by atoms with van der Waals surface area (Å²) < 4.78 is 5.21. The lowest BCUT2D eigenvalue weighted by molar-refractivity contribution is 0.299. The van der Waals surface area contributed by atoms with Crippen LogP contribution in [0.3, 0.4) is 0 Å². The van der Waals surface area contributed by atoms with Crippen molar-refractivity contribution in [3.8, 4) is 5.75 Å². The Morgan fingerprint density at radius 2 is 1.92 bits per heavy atom. The van der Waals surface area contributed by atoms with Crippen molar-refractivity contribution in [1.82, 2.24) is 15.1 Å². The molecule has 0 amide bonds. The van der Waals surface area contributed by atoms with Crippen LogP contribution in [0.25, 0.3) is 0 Å². The largest absolute Gasteiger partial charge is 0.497 e. The fourth-order valence-electron chi connectivity index (χ4n) is 2.67. The summed E-state index contributed by atoms with van der Waals surface area (Å²) in [6.07, 6.45) is 0. The third kappa shape index (κ3) is 5.47. The molecular formula is C19H28N4OS. The average Bonchev–Trinajstić information content (AvgIpc) is 3.13. The zero-order chi connectivity index (χ0) is 18.2. The molecule has 2 rings (SSSR count). The molecule has 0 saturated heterocycles. The first kappa shape index (κ1) is 19.3. The summed E-state index contributed by atoms with van der Waals surface area (Å²) in [5.41, 5.74) is 1.22. The summed E-state index contributed by atoms with van der Waals surface area (Å²) >= 11 is 1.79. The van der Waals surface area contributed by atoms with Gasteiger partial charge in [-0.2, -0.15) is 0 Å². The van der Waals surface area contributed by atoms with Crippen LogP contribution in [0.15, 0.2) is 46.8 Å². The minimum Gasteiger partial charge on any atom is -0.497 e. The van der Waals surface area contributed by atoms with Gasteiger partial charge in [-0.3, -0.25) is 4.99 Å². The van der Waals surface area contributed by atoms with Crippen molar-refractivity contribution in [1.29, 1.82) is 0 Å². The molecule has 0 saturated carbocycles. The number of rotatable bonds is 7. The van der Waals surface area contributed by atoms with Crippen molar-refractivity contribution in [2.45, 2.75) is 12.6 Å². The van der Waals surface area contributed by atoms with Gasteiger partial charge in [-0.15, -0.1) is 11.3 Å². The first-order valence-electron chi connectivity index (χ1n) is 8.29. The fraction of sp³-hybridized carbons (Fsp3) is 0.421. The van der Waals surface area contributed by atoms with E-state index in [4.69, 9.17) is 4.74 Å². The Morgan fingerprint density at radius 3 is 2.44 bits per heavy atom. The van der Waals surface area contributed by atoms with E-state index in [-0.39, 0.29) is 0 Å². The van der Waals surface area contributed by atoms with Crippen LogP contribution < -0.4 is 10.1 Å². The molecule has 1 heterocycles. The Labute approximate surface area is 154 Å². The minimum absolute atomic E-state index is 0.325. The number of likely N-dealkylation sites (N-methyl/N-ethyl adjacent to an activating group) is 1. The first-order valence-corrected chi connectivity index (χ1v) is 9.17. The molecule has 2 aromatic rings. The van der Waals surface area contributed by atoms with Crippen molar-refractivity contribution in [2.75, 3.05) is 41.8 Å². The number of thiophene rings is 1. The first-order chi connectivity index (χ1) is 12.0. The molecule has 0 radical (unpaired) electrons. The predicted molar refractivity (Wildman–Crippen MR) is 107 cm³/mol. The van der Waals surface area contributed by atoms with Crippen LogP contribution in [0.5, 0.6) is 5.75 Å². The van der Waals surface area contributed by atoms with Crippen LogP contribution in [0, 0.1) is 0 Å². The number of nitrogens with one attached hydrogen (secondary N) is 1. The van der Waals surface area contributed by atoms with E-state index in [0.717, 1.165) is 24.8 Å². The van der Waals surface area contributed by atoms with Crippen molar-refractivity contribution in [2.24, 2.45) is 4.99 Å². The van der Waals surface area contributed by atoms with E-state index in [0.29, 0.717) is 6.04 Å². The molecule has 136 valence electrons. The lowest BCUT2D eigenvalue weighted by Crippen LogP contribution is -2.42. The molecule has 0 bridgehead atoms. The van der Waals surface area contributed by atoms with E-state index < -0.39 is 0 Å². The number of ether oxygens (including phenoxy) is 1. The molecule has 1 atom stereocenters. The van der Waals surface area contributed by atoms with Gasteiger partial charge < -0.3 is 19.9 Å². The van der Waals surface area contributed by atoms with Gasteiger partial charge in [0.2, 0.25) is 0 Å². The summed E-state index contributed by atoms with van der Waals surface area (Å²) in [6.45, 7) is 1.60. The number of benzene rings is 1. The molecular weight excluding hydrogens is 332 g/mol. The van der Waals surface area contributed by atoms with Crippen LogP contribution in [-0.2, 0) is 6.54 Å². The maximum Gasteiger partial charge on any atom is 0.193 e. The van der Waals surface area contributed by atoms with Gasteiger partial charge in [-0.05, 0) is 43.2 Å². The molecule has 1 unspecified atom stereocenters. The maximum atomic E-state index is 5.21. The van der Waals surface area contributed by atoms with Crippen LogP contribution >= 0.6 is 11.3 Å². The third-order valence-electron chi connectivity index (χ3n) is 4.10. The molecule has 1 aromatic carbocycles. The molecule has 0 fully saturated rings. The van der Waals surface area contributed by atoms with Gasteiger partial charge in [0.1, 0.15) is 5.75 Å². The molecule has 0 spiro atoms. The topological polar surface area (TPSA) is 40.1 Å². The number of guanidine groups is 1. The molecule has 0 aliphatic heterocycles. The second-order valence-electron chi connectivity index (χ2n) is 6.13. The van der Waals surface area contributed by atoms with Gasteiger partial charge in [-0.25, -0.2) is 0 Å². The van der Waals surface area contributed by atoms with Crippen LogP contribution in [-0.4, -0.2) is 57.6 Å². The highest BCUT2D eigenvalue weighted by atomic mass is 32.1. The summed E-state index contributed by atoms with van der Waals surface area (Å²) in [4.78, 5) is 10.1. The van der Waals surface area contributed by atoms with Gasteiger partial charge in [-0.1, -0.05) is 18.2 Å². The lowest BCUT2D eigenvalue weighted by Gasteiger charge is -2.27. The van der Waals surface area contributed by atoms with Crippen molar-refractivity contribution < 1.29 is 4.74 Å². The van der Waals surface area contributed by atoms with E-state index in [1.807, 2.05) is 19.2 Å². The van der Waals surface area contributed by atoms with Crippen molar-refractivity contribution in [3.63, 3.8) is 0 Å². The second kappa shape index (κ2) is 9.44. The Morgan fingerprint density at radius 1 is 1.20 bits per heavy atom. The van der Waals surface area contributed by atoms with Crippen molar-refractivity contribution >= 4 is 17.3 Å². The summed E-state index contributed by atoms with van der Waals surface area (Å²) in [5.74, 6) is 1.76. The van der Waals surface area contributed by atoms with Crippen LogP contribution in [0.1, 0.15) is 16.5 Å². The van der Waals surface area contributed by atoms with Gasteiger partial charge >= 0.3 is 0 Å². The Kier molecular flexibility index (Phi) is 7.28. The number of hydrogen-bond donors (Lipinski definition) is 1. The summed E-state index contributed by atoms with van der Waals surface area (Å²) in [7, 11) is 9.77. The van der Waals surface area contributed by atoms with E-state index >= 15 is 0 Å². The molecule has 5 nitrogen and oxygen atoms in total. The fourth-order valence-corrected chi connectivity index (χ4v) is 3.59. The van der Waals surface area contributed by atoms with Gasteiger partial charge in [0.15, 0.2) is 5.96 Å². The number of hydrogen-bond acceptors (Lipinski definition) is 4. The average molecular weight is 361 g/mol. The Balaban J connectivity index is 1.96. The van der Waals surface area contributed by atoms with Crippen LogP contribution in [0.2, 0.25) is 0 Å². The highest BCUT2D eigenvalue weighted by Crippen LogP contribution is 2.22. The van der Waals surface area contributed by atoms with E-state index in [1.165, 1.54) is 10.4 Å². The maximum absolute atomic E-state index is 5.21. The number of nitrogens with zero attached hydrogens (tertiary/aromatic N) is 3. The lowest BCUT2D eigenvalue weighted by atomic mass is 10.2. The molecule has 0 aliphatic rings. The quantitative estimate of drug-likeness (QED) is 0.608. The predicted octanol–water partition coefficient (Wildman–Crippen LogP) is 3.07. The van der Waals surface area contributed by atoms with E-state index in [1.54, 1.807) is 18.4 Å². The Bertz CT molecular complexity index is 653. The SMILES string of the molecule is CN=C(NCC(c1cccs1)N(C)C)N(C)Cc1ccc(OC)cc1. The van der Waals surface area contributed by atoms with Crippen molar-refractivity contribution in [3.05, 3.63) is 52.2 Å². The molecule has 0 aliphatic carbocycles. The van der Waals surface area contributed by atoms with Gasteiger partial charge in [0, 0.05) is 32.1 Å². The highest BCUT2D eigenvalue weighted by molar-refractivity contribution is 7.10. The van der Waals surface area contributed by atoms with Gasteiger partial charge in [0.05, 0.1) is 13.2 Å².